The number of hydrogen-bond acceptors (Lipinski definition) is 2. The Morgan fingerprint density at radius 3 is 2.24 bits per heavy atom. The molecular formula is C18H21NO2. The van der Waals surface area contributed by atoms with Gasteiger partial charge in [-0.1, -0.05) is 61.5 Å². The normalized spacial score (nSPS) is 11.9. The molecule has 0 radical (unpaired) electrons. The van der Waals surface area contributed by atoms with Gasteiger partial charge in [-0.3, -0.25) is 9.63 Å². The molecule has 0 bridgehead atoms. The van der Waals surface area contributed by atoms with E-state index in [0.717, 1.165) is 17.5 Å². The molecule has 0 aliphatic heterocycles. The number of hydroxylamine groups is 1. The molecule has 110 valence electrons. The van der Waals surface area contributed by atoms with E-state index in [-0.39, 0.29) is 11.8 Å². The molecule has 0 heterocycles. The third kappa shape index (κ3) is 4.17. The van der Waals surface area contributed by atoms with Crippen LogP contribution in [-0.4, -0.2) is 13.0 Å². The first kappa shape index (κ1) is 15.3. The van der Waals surface area contributed by atoms with Crippen LogP contribution in [-0.2, 0) is 16.1 Å². The zero-order chi connectivity index (χ0) is 15.1. The number of rotatable bonds is 6. The van der Waals surface area contributed by atoms with Gasteiger partial charge in [0, 0.05) is 12.3 Å². The van der Waals surface area contributed by atoms with Gasteiger partial charge in [0.15, 0.2) is 0 Å². The van der Waals surface area contributed by atoms with E-state index < -0.39 is 0 Å². The molecular weight excluding hydrogens is 262 g/mol. The van der Waals surface area contributed by atoms with Crippen molar-refractivity contribution in [3.8, 4) is 0 Å². The number of aryl methyl sites for hydroxylation is 1. The first-order valence-electron chi connectivity index (χ1n) is 7.20. The average molecular weight is 283 g/mol. The van der Waals surface area contributed by atoms with Crippen LogP contribution in [0, 0.1) is 0 Å². The Morgan fingerprint density at radius 2 is 1.67 bits per heavy atom. The van der Waals surface area contributed by atoms with Crippen molar-refractivity contribution in [2.75, 3.05) is 7.11 Å². The van der Waals surface area contributed by atoms with E-state index in [1.807, 2.05) is 18.2 Å². The molecule has 3 heteroatoms. The van der Waals surface area contributed by atoms with E-state index in [0.29, 0.717) is 6.42 Å². The fraction of sp³-hybridized carbons (Fsp3) is 0.278. The minimum atomic E-state index is -0.120. The smallest absolute Gasteiger partial charge is 0.244 e. The SMILES string of the molecule is CCc1ccc(C(CC(=O)NOC)c2ccccc2)cc1. The maximum absolute atomic E-state index is 11.9. The van der Waals surface area contributed by atoms with Gasteiger partial charge in [0.05, 0.1) is 7.11 Å². The number of hydrogen-bond donors (Lipinski definition) is 1. The number of benzene rings is 2. The van der Waals surface area contributed by atoms with Crippen LogP contribution in [0.5, 0.6) is 0 Å². The number of amides is 1. The maximum Gasteiger partial charge on any atom is 0.244 e. The van der Waals surface area contributed by atoms with Crippen molar-refractivity contribution >= 4 is 5.91 Å². The van der Waals surface area contributed by atoms with Gasteiger partial charge >= 0.3 is 0 Å². The summed E-state index contributed by atoms with van der Waals surface area (Å²) < 4.78 is 0. The van der Waals surface area contributed by atoms with Gasteiger partial charge in [0.1, 0.15) is 0 Å². The standard InChI is InChI=1S/C18H21NO2/c1-3-14-9-11-16(12-10-14)17(13-18(20)19-21-2)15-7-5-4-6-8-15/h4-12,17H,3,13H2,1-2H3,(H,19,20). The summed E-state index contributed by atoms with van der Waals surface area (Å²) in [6.07, 6.45) is 1.38. The molecule has 1 atom stereocenters. The Kier molecular flexibility index (Phi) is 5.52. The van der Waals surface area contributed by atoms with Crippen molar-refractivity contribution in [3.63, 3.8) is 0 Å². The first-order chi connectivity index (χ1) is 10.2. The topological polar surface area (TPSA) is 38.3 Å². The largest absolute Gasteiger partial charge is 0.277 e. The Labute approximate surface area is 125 Å². The highest BCUT2D eigenvalue weighted by Crippen LogP contribution is 2.28. The van der Waals surface area contributed by atoms with Crippen molar-refractivity contribution < 1.29 is 9.63 Å². The predicted molar refractivity (Wildman–Crippen MR) is 83.9 cm³/mol. The third-order valence-electron chi connectivity index (χ3n) is 3.60. The van der Waals surface area contributed by atoms with Crippen LogP contribution >= 0.6 is 0 Å². The van der Waals surface area contributed by atoms with E-state index in [1.54, 1.807) is 0 Å². The van der Waals surface area contributed by atoms with Crippen LogP contribution in [0.15, 0.2) is 54.6 Å². The zero-order valence-corrected chi connectivity index (χ0v) is 12.5. The molecule has 3 nitrogen and oxygen atoms in total. The van der Waals surface area contributed by atoms with Gasteiger partial charge in [-0.15, -0.1) is 0 Å². The Bertz CT molecular complexity index is 564. The summed E-state index contributed by atoms with van der Waals surface area (Å²) in [5.74, 6) is -0.0850. The van der Waals surface area contributed by atoms with Crippen LogP contribution < -0.4 is 5.48 Å². The monoisotopic (exact) mass is 283 g/mol. The molecule has 2 rings (SSSR count). The molecule has 0 saturated heterocycles. The molecule has 1 amide bonds. The summed E-state index contributed by atoms with van der Waals surface area (Å²) >= 11 is 0. The molecule has 0 aliphatic carbocycles. The average Bonchev–Trinajstić information content (AvgIpc) is 2.54. The van der Waals surface area contributed by atoms with Crippen LogP contribution in [0.1, 0.15) is 36.0 Å². The summed E-state index contributed by atoms with van der Waals surface area (Å²) in [5, 5.41) is 0. The molecule has 0 aliphatic rings. The molecule has 0 spiro atoms. The molecule has 0 fully saturated rings. The van der Waals surface area contributed by atoms with E-state index in [1.165, 1.54) is 12.7 Å². The summed E-state index contributed by atoms with van der Waals surface area (Å²) in [6, 6.07) is 18.5. The minimum absolute atomic E-state index is 0.0345. The number of carbonyl (C=O) groups excluding carboxylic acids is 1. The summed E-state index contributed by atoms with van der Waals surface area (Å²) in [7, 11) is 1.45. The molecule has 21 heavy (non-hydrogen) atoms. The lowest BCUT2D eigenvalue weighted by molar-refractivity contribution is -0.131. The van der Waals surface area contributed by atoms with Gasteiger partial charge in [-0.05, 0) is 23.1 Å². The number of nitrogens with one attached hydrogen (secondary N) is 1. The fourth-order valence-electron chi connectivity index (χ4n) is 2.44. The molecule has 0 saturated carbocycles. The second-order valence-electron chi connectivity index (χ2n) is 4.99. The Hall–Kier alpha value is -2.13. The van der Waals surface area contributed by atoms with E-state index in [4.69, 9.17) is 4.84 Å². The lowest BCUT2D eigenvalue weighted by Gasteiger charge is -2.18. The van der Waals surface area contributed by atoms with Gasteiger partial charge in [-0.2, -0.15) is 0 Å². The van der Waals surface area contributed by atoms with Crippen molar-refractivity contribution in [2.45, 2.75) is 25.7 Å². The second kappa shape index (κ2) is 7.60. The lowest BCUT2D eigenvalue weighted by Crippen LogP contribution is -2.24. The highest BCUT2D eigenvalue weighted by atomic mass is 16.6. The third-order valence-corrected chi connectivity index (χ3v) is 3.60. The van der Waals surface area contributed by atoms with Crippen molar-refractivity contribution in [3.05, 3.63) is 71.3 Å². The lowest BCUT2D eigenvalue weighted by atomic mass is 9.88. The van der Waals surface area contributed by atoms with Gasteiger partial charge in [0.25, 0.3) is 0 Å². The van der Waals surface area contributed by atoms with Gasteiger partial charge < -0.3 is 0 Å². The second-order valence-corrected chi connectivity index (χ2v) is 4.99. The number of carbonyl (C=O) groups is 1. The quantitative estimate of drug-likeness (QED) is 0.825. The fourth-order valence-corrected chi connectivity index (χ4v) is 2.44. The van der Waals surface area contributed by atoms with Crippen LogP contribution in [0.4, 0.5) is 0 Å². The molecule has 1 N–H and O–H groups in total. The van der Waals surface area contributed by atoms with Crippen LogP contribution in [0.3, 0.4) is 0 Å². The molecule has 2 aromatic carbocycles. The van der Waals surface area contributed by atoms with Crippen molar-refractivity contribution in [1.82, 2.24) is 5.48 Å². The minimum Gasteiger partial charge on any atom is -0.277 e. The predicted octanol–water partition coefficient (Wildman–Crippen LogP) is 3.45. The van der Waals surface area contributed by atoms with Gasteiger partial charge in [-0.25, -0.2) is 5.48 Å². The molecule has 0 aromatic heterocycles. The first-order valence-corrected chi connectivity index (χ1v) is 7.20. The highest BCUT2D eigenvalue weighted by molar-refractivity contribution is 5.76. The van der Waals surface area contributed by atoms with Crippen molar-refractivity contribution in [1.29, 1.82) is 0 Å². The van der Waals surface area contributed by atoms with E-state index in [9.17, 15) is 4.79 Å². The van der Waals surface area contributed by atoms with E-state index >= 15 is 0 Å². The van der Waals surface area contributed by atoms with Crippen LogP contribution in [0.2, 0.25) is 0 Å². The Balaban J connectivity index is 2.28. The van der Waals surface area contributed by atoms with Crippen molar-refractivity contribution in [2.24, 2.45) is 0 Å². The molecule has 2 aromatic rings. The summed E-state index contributed by atoms with van der Waals surface area (Å²) in [6.45, 7) is 2.13. The highest BCUT2D eigenvalue weighted by Gasteiger charge is 2.18. The summed E-state index contributed by atoms with van der Waals surface area (Å²) in [5.41, 5.74) is 5.97. The molecule has 1 unspecified atom stereocenters. The zero-order valence-electron chi connectivity index (χ0n) is 12.5. The summed E-state index contributed by atoms with van der Waals surface area (Å²) in [4.78, 5) is 16.6. The van der Waals surface area contributed by atoms with Gasteiger partial charge in [0.2, 0.25) is 5.91 Å². The van der Waals surface area contributed by atoms with E-state index in [2.05, 4.69) is 48.8 Å². The van der Waals surface area contributed by atoms with Crippen LogP contribution in [0.25, 0.3) is 0 Å². The Morgan fingerprint density at radius 1 is 1.05 bits per heavy atom. The maximum atomic E-state index is 11.9.